The molecule has 0 aliphatic carbocycles. The Hall–Kier alpha value is -6.53. The molecule has 555 valence electrons. The number of hydrogen-bond donors (Lipinski definition) is 7. The molecule has 6 rings (SSSR count). The standard InChI is InChI=1S/C8H10N2O2.C8H12N2.C6H5N3O5.C6H7NO.C6H8N.C5H5N.C5H10O.C2H8O4S.6CN.CH4O4S.CH4O.Fe.3K.HNO3.H2O4S/c1-6(2)8-4-3-7(5-9-8)10(11)12;1-6(2)8-4-3-7(9)5-10-8;1-7-3-4(8(11)12)2-5(6(7)10)9(13)14;1-7-5-3-2-4-6(7)8;1-7-5-3-2-4-6-7;1-2-4-6-5-3-1;1-4(2)5(3)6;1-7(2,4,5)6-3;6*1-2;1-6(3,4)5-2;1-2;;;;;2-1(3)4;1-5(2,3)4/h3-6H,1-2H3;3-6H,9H2,1-2H3;2-3H,1H3;2-5H,1H3;2-6H,1H3;1-5H;4H,1-3H3;3H,1-2H3,(H,4,5);;;;;;;2H,1H3;2H,1H3;;;;;(H,2,3,4);(H2,1,2,3,4)/q;;;;+1;;;;6*-1;;;+6;;;;;/p-1. The number of aliphatic hydroxyl groups excluding tert-OH is 1. The maximum absolute atomic E-state index is 11.1. The molecular weight excluding hydrogens is 1560 g/mol. The zero-order valence-corrected chi connectivity index (χ0v) is 71.6. The Morgan fingerprint density at radius 1 is 0.680 bits per heavy atom. The average molecular weight is 1630 g/mol. The molecule has 0 bridgehead atoms. The number of hydrogen-bond acceptors (Lipinski definition) is 31. The summed E-state index contributed by atoms with van der Waals surface area (Å²) in [6.07, 6.45) is 15.6. The van der Waals surface area contributed by atoms with Crippen LogP contribution >= 0.6 is 0 Å². The number of aliphatic hydroxyl groups is 1. The molecule has 6 aromatic heterocycles. The number of Topliss-reactive ketones (excluding diaryl/α,β-unsaturated/α-hetero) is 1. The first-order chi connectivity index (χ1) is 46.7. The van der Waals surface area contributed by atoms with Gasteiger partial charge < -0.3 is 110 Å². The summed E-state index contributed by atoms with van der Waals surface area (Å²) in [4.78, 5) is 80.7. The zero-order chi connectivity index (χ0) is 83.5. The van der Waals surface area contributed by atoms with Crippen LogP contribution in [0.3, 0.4) is 0 Å². The summed E-state index contributed by atoms with van der Waals surface area (Å²) < 4.78 is 79.3. The van der Waals surface area contributed by atoms with E-state index < -0.39 is 66.9 Å². The average Bonchev–Trinajstić information content (AvgIpc) is 0.831. The number of aromatic nitrogens is 6. The third-order valence-electron chi connectivity index (χ3n) is 8.12. The molecule has 6 heterocycles. The third kappa shape index (κ3) is 114. The van der Waals surface area contributed by atoms with Gasteiger partial charge in [-0.15, -0.1) is 14.4 Å². The first-order valence-electron chi connectivity index (χ1n) is 25.9. The molecule has 0 unspecified atom stereocenters. The number of nitrogens with zero attached hydrogens (tertiary/aromatic N) is 16. The van der Waals surface area contributed by atoms with Gasteiger partial charge in [-0.05, 0) is 55.2 Å². The number of carbonyl (C=O) groups excluding carboxylic acids is 1. The molecule has 49 heteroatoms. The third-order valence-corrected chi connectivity index (χ3v) is 8.79. The first kappa shape index (κ1) is 132. The van der Waals surface area contributed by atoms with Crippen LogP contribution in [0.15, 0.2) is 144 Å². The quantitative estimate of drug-likeness (QED) is 0.0218. The number of anilines is 1. The molecule has 0 saturated carbocycles. The van der Waals surface area contributed by atoms with Crippen molar-refractivity contribution in [3.8, 4) is 0 Å². The molecule has 103 heavy (non-hydrogen) atoms. The number of nitro groups is 3. The summed E-state index contributed by atoms with van der Waals surface area (Å²) in [7, 11) is -6.51. The summed E-state index contributed by atoms with van der Waals surface area (Å²) in [6, 6.07) is 24.4. The summed E-state index contributed by atoms with van der Waals surface area (Å²) in [5, 5.41) is 106. The molecule has 6 aromatic rings. The van der Waals surface area contributed by atoms with Crippen molar-refractivity contribution in [2.24, 2.45) is 27.1 Å². The smallest absolute Gasteiger partial charge is 0.0267 e. The molecule has 0 amide bonds. The Balaban J connectivity index is -0.0000000631. The maximum atomic E-state index is 11.1. The minimum atomic E-state index is -4.67. The van der Waals surface area contributed by atoms with Crippen molar-refractivity contribution in [3.05, 3.63) is 246 Å². The van der Waals surface area contributed by atoms with Gasteiger partial charge in [-0.1, -0.05) is 59.7 Å². The predicted octanol–water partition coefficient (Wildman–Crippen LogP) is 3.53. The van der Waals surface area contributed by atoms with Crippen LogP contribution in [-0.4, -0.2) is 240 Å². The van der Waals surface area contributed by atoms with Crippen LogP contribution < -0.4 is 26.7 Å². The van der Waals surface area contributed by atoms with Gasteiger partial charge in [-0.3, -0.25) is 68.8 Å². The molecule has 0 atom stereocenters. The fraction of sp³-hybridized carbons (Fsp3) is 0.315. The van der Waals surface area contributed by atoms with Gasteiger partial charge in [0.15, 0.2) is 12.4 Å². The van der Waals surface area contributed by atoms with Crippen LogP contribution in [0.1, 0.15) is 71.7 Å². The fourth-order valence-corrected chi connectivity index (χ4v) is 3.82. The van der Waals surface area contributed by atoms with E-state index in [1.165, 1.54) is 93.1 Å². The van der Waals surface area contributed by atoms with Crippen molar-refractivity contribution < 1.29 is 110 Å². The predicted molar refractivity (Wildman–Crippen MR) is 362 cm³/mol. The molecule has 0 fully saturated rings. The summed E-state index contributed by atoms with van der Waals surface area (Å²) >= 11 is 2.50. The Morgan fingerprint density at radius 2 is 1.01 bits per heavy atom. The number of pyridine rings is 6. The van der Waals surface area contributed by atoms with E-state index in [1.54, 1.807) is 50.9 Å². The normalized spacial score (nSPS) is 8.79. The zero-order valence-electron chi connectivity index (χ0n) is 58.7. The molecule has 8 N–H and O–H groups in total. The SMILES string of the molecule is CC(=O)C(C)C.CC(C)c1ccc(N)cn1.CC(C)c1ccc([N+](=O)[O-])cn1.CO.CS(=O)(=O)O[O-].CS(C)(=O)(O)OO.C[n+]1ccccc1.Cn1cc([N+](=O)[O-])cc([N+](=O)[O-])c1=O.Cn1ccccc1=O.O=S(=O)(O)O.O=[N+]([O-])O.[C-]#N.[C-]#N.[C-]#N.[C-]#N.[C-]#N.[C-]#N.[Fe+6].[K].[K][K].c1ccncc1. The second-order valence-corrected chi connectivity index (χ2v) is 23.1. The number of nitrogens with two attached hydrogens (primary N) is 1. The van der Waals surface area contributed by atoms with E-state index in [0.717, 1.165) is 47.5 Å². The van der Waals surface area contributed by atoms with Crippen LogP contribution in [0.2, 0.25) is 0 Å². The second-order valence-electron chi connectivity index (χ2n) is 17.2. The molecular formula is C54H75FeK3N17O25S3. The van der Waals surface area contributed by atoms with Gasteiger partial charge in [-0.25, -0.2) is 22.5 Å². The van der Waals surface area contributed by atoms with Crippen molar-refractivity contribution in [3.63, 3.8) is 0 Å². The molecule has 0 aliphatic rings. The van der Waals surface area contributed by atoms with Gasteiger partial charge in [-0.2, -0.15) is 8.42 Å². The van der Waals surface area contributed by atoms with E-state index in [2.05, 4.69) is 37.5 Å². The Bertz CT molecular complexity index is 3580. The van der Waals surface area contributed by atoms with Crippen LogP contribution in [0.25, 0.3) is 0 Å². The largest absolute Gasteiger partial charge is 0.265 e. The van der Waals surface area contributed by atoms with E-state index in [4.69, 9.17) is 130 Å². The Kier molecular flexibility index (Phi) is 111. The minimum Gasteiger partial charge on any atom is -0.265 e. The summed E-state index contributed by atoms with van der Waals surface area (Å²) in [6.45, 7) is 42.1. The van der Waals surface area contributed by atoms with Gasteiger partial charge in [0.25, 0.3) is 26.6 Å². The Labute approximate surface area is 694 Å². The number of nitrogen functional groups attached to an aromatic ring is 1. The van der Waals surface area contributed by atoms with Crippen LogP contribution in [0, 0.1) is 117 Å². The number of rotatable bonds is 8. The van der Waals surface area contributed by atoms with Crippen molar-refractivity contribution >= 4 is 173 Å². The molecule has 42 nitrogen and oxygen atoms in total. The number of aryl methyl sites for hydroxylation is 3. The molecule has 0 spiro atoms. The van der Waals surface area contributed by atoms with E-state index >= 15 is 0 Å². The monoisotopic (exact) mass is 1630 g/mol. The van der Waals surface area contributed by atoms with E-state index in [-0.39, 0.29) is 91.4 Å². The van der Waals surface area contributed by atoms with Crippen molar-refractivity contribution in [2.45, 2.75) is 60.3 Å². The molecule has 0 aliphatic heterocycles. The summed E-state index contributed by atoms with van der Waals surface area (Å²) in [5.74, 6) is 1.27. The first-order valence-corrected chi connectivity index (χ1v) is 47.8. The van der Waals surface area contributed by atoms with Crippen molar-refractivity contribution in [1.82, 2.24) is 24.1 Å². The van der Waals surface area contributed by atoms with Gasteiger partial charge in [0.2, 0.25) is 5.56 Å². The van der Waals surface area contributed by atoms with Crippen LogP contribution in [-0.2, 0) is 81.8 Å². The second kappa shape index (κ2) is 86.1. The van der Waals surface area contributed by atoms with Gasteiger partial charge in [0.05, 0.1) is 39.1 Å². The van der Waals surface area contributed by atoms with Gasteiger partial charge in [0, 0.05) is 145 Å². The van der Waals surface area contributed by atoms with Gasteiger partial charge in [0.1, 0.15) is 34.7 Å². The Morgan fingerprint density at radius 3 is 1.19 bits per heavy atom. The number of ketones is 1. The van der Waals surface area contributed by atoms with Crippen LogP contribution in [0.5, 0.6) is 0 Å². The van der Waals surface area contributed by atoms with E-state index in [0.29, 0.717) is 24.2 Å². The fourth-order valence-electron chi connectivity index (χ4n) is 3.82. The molecule has 0 saturated heterocycles. The molecule has 1 radical (unpaired) electrons. The van der Waals surface area contributed by atoms with E-state index in [9.17, 15) is 57.4 Å². The summed E-state index contributed by atoms with van der Waals surface area (Å²) in [5.41, 5.74) is 6.07. The van der Waals surface area contributed by atoms with E-state index in [1.807, 2.05) is 106 Å². The topological polar surface area (TPSA) is 693 Å². The van der Waals surface area contributed by atoms with Crippen molar-refractivity contribution in [1.29, 1.82) is 31.6 Å². The number of carbonyl (C=O) groups is 1. The maximum Gasteiger partial charge on any atom is 0.0267 e. The van der Waals surface area contributed by atoms with Crippen molar-refractivity contribution in [2.75, 3.05) is 31.6 Å². The molecule has 0 aromatic carbocycles. The minimum absolute atomic E-state index is 0. The van der Waals surface area contributed by atoms with Gasteiger partial charge >= 0.3 is 102 Å². The van der Waals surface area contributed by atoms with Crippen LogP contribution in [0.4, 0.5) is 22.7 Å².